The maximum atomic E-state index is 4.40. The van der Waals surface area contributed by atoms with E-state index in [0.717, 1.165) is 11.6 Å². The molecule has 0 radical (unpaired) electrons. The topological polar surface area (TPSA) is 24.9 Å². The standard InChI is InChI=1S/C13H15IN2S/c1-9-7-16-13(17-9)10(2)15-8-11-3-5-12(14)6-4-11/h3-7,10,15H,8H2,1-2H3. The van der Waals surface area contributed by atoms with Crippen LogP contribution in [0.3, 0.4) is 0 Å². The molecule has 1 N–H and O–H groups in total. The lowest BCUT2D eigenvalue weighted by atomic mass is 10.2. The van der Waals surface area contributed by atoms with Crippen LogP contribution in [0.4, 0.5) is 0 Å². The average Bonchev–Trinajstić information content (AvgIpc) is 2.75. The second-order valence-corrected chi connectivity index (χ2v) is 6.55. The third kappa shape index (κ3) is 3.76. The highest BCUT2D eigenvalue weighted by Gasteiger charge is 2.08. The Hall–Kier alpha value is -0.460. The molecule has 4 heteroatoms. The van der Waals surface area contributed by atoms with Crippen LogP contribution in [0.1, 0.15) is 28.4 Å². The maximum absolute atomic E-state index is 4.40. The molecule has 0 aliphatic carbocycles. The van der Waals surface area contributed by atoms with E-state index in [1.807, 2.05) is 6.20 Å². The first kappa shape index (κ1) is 13.0. The van der Waals surface area contributed by atoms with E-state index in [0.29, 0.717) is 6.04 Å². The normalized spacial score (nSPS) is 12.6. The summed E-state index contributed by atoms with van der Waals surface area (Å²) in [7, 11) is 0. The Morgan fingerprint density at radius 3 is 2.65 bits per heavy atom. The highest BCUT2D eigenvalue weighted by Crippen LogP contribution is 2.19. The molecule has 2 nitrogen and oxygen atoms in total. The average molecular weight is 358 g/mol. The number of hydrogen-bond donors (Lipinski definition) is 1. The second-order valence-electron chi connectivity index (χ2n) is 4.04. The number of aromatic nitrogens is 1. The van der Waals surface area contributed by atoms with E-state index in [1.165, 1.54) is 14.0 Å². The monoisotopic (exact) mass is 358 g/mol. The summed E-state index contributed by atoms with van der Waals surface area (Å²) in [4.78, 5) is 5.66. The first-order valence-electron chi connectivity index (χ1n) is 5.55. The van der Waals surface area contributed by atoms with E-state index in [4.69, 9.17) is 0 Å². The van der Waals surface area contributed by atoms with Crippen LogP contribution in [0.15, 0.2) is 30.5 Å². The predicted octanol–water partition coefficient (Wildman–Crippen LogP) is 3.91. The quantitative estimate of drug-likeness (QED) is 0.839. The minimum absolute atomic E-state index is 0.313. The largest absolute Gasteiger partial charge is 0.304 e. The molecule has 1 heterocycles. The van der Waals surface area contributed by atoms with Crippen molar-refractivity contribution in [2.75, 3.05) is 0 Å². The summed E-state index contributed by atoms with van der Waals surface area (Å²) >= 11 is 4.08. The lowest BCUT2D eigenvalue weighted by molar-refractivity contribution is 0.572. The Kier molecular flexibility index (Phi) is 4.53. The van der Waals surface area contributed by atoms with Gasteiger partial charge in [-0.2, -0.15) is 0 Å². The number of nitrogens with one attached hydrogen (secondary N) is 1. The molecule has 17 heavy (non-hydrogen) atoms. The molecular formula is C13H15IN2S. The van der Waals surface area contributed by atoms with Gasteiger partial charge in [-0.3, -0.25) is 0 Å². The van der Waals surface area contributed by atoms with Gasteiger partial charge in [0.05, 0.1) is 6.04 Å². The molecule has 1 aromatic heterocycles. The fourth-order valence-corrected chi connectivity index (χ4v) is 2.69. The number of hydrogen-bond acceptors (Lipinski definition) is 3. The molecular weight excluding hydrogens is 343 g/mol. The van der Waals surface area contributed by atoms with Gasteiger partial charge < -0.3 is 5.32 Å². The summed E-state index contributed by atoms with van der Waals surface area (Å²) in [6.45, 7) is 5.13. The summed E-state index contributed by atoms with van der Waals surface area (Å²) in [6.07, 6.45) is 1.93. The van der Waals surface area contributed by atoms with Crippen molar-refractivity contribution in [3.8, 4) is 0 Å². The molecule has 0 amide bonds. The molecule has 0 saturated carbocycles. The van der Waals surface area contributed by atoms with Gasteiger partial charge in [0, 0.05) is 21.2 Å². The van der Waals surface area contributed by atoms with Crippen molar-refractivity contribution in [2.45, 2.75) is 26.4 Å². The first-order chi connectivity index (χ1) is 8.15. The van der Waals surface area contributed by atoms with E-state index < -0.39 is 0 Å². The Balaban J connectivity index is 1.92. The van der Waals surface area contributed by atoms with Crippen LogP contribution in [0, 0.1) is 10.5 Å². The third-order valence-corrected chi connectivity index (χ3v) is 4.35. The molecule has 1 atom stereocenters. The summed E-state index contributed by atoms with van der Waals surface area (Å²) in [5, 5.41) is 4.65. The van der Waals surface area contributed by atoms with Crippen LogP contribution in [0.2, 0.25) is 0 Å². The molecule has 0 aliphatic heterocycles. The number of thiazole rings is 1. The van der Waals surface area contributed by atoms with Gasteiger partial charge in [-0.25, -0.2) is 4.98 Å². The van der Waals surface area contributed by atoms with E-state index >= 15 is 0 Å². The van der Waals surface area contributed by atoms with Crippen molar-refractivity contribution in [1.29, 1.82) is 0 Å². The van der Waals surface area contributed by atoms with Crippen molar-refractivity contribution in [3.63, 3.8) is 0 Å². The van der Waals surface area contributed by atoms with Crippen molar-refractivity contribution in [2.24, 2.45) is 0 Å². The zero-order chi connectivity index (χ0) is 12.3. The molecule has 0 fully saturated rings. The van der Waals surface area contributed by atoms with Gasteiger partial charge in [0.1, 0.15) is 5.01 Å². The fourth-order valence-electron chi connectivity index (χ4n) is 1.53. The fraction of sp³-hybridized carbons (Fsp3) is 0.308. The molecule has 0 aliphatic rings. The summed E-state index contributed by atoms with van der Waals surface area (Å²) < 4.78 is 1.27. The van der Waals surface area contributed by atoms with Gasteiger partial charge >= 0.3 is 0 Å². The first-order valence-corrected chi connectivity index (χ1v) is 7.45. The van der Waals surface area contributed by atoms with E-state index in [-0.39, 0.29) is 0 Å². The maximum Gasteiger partial charge on any atom is 0.109 e. The predicted molar refractivity (Wildman–Crippen MR) is 81.3 cm³/mol. The second kappa shape index (κ2) is 5.93. The Labute approximate surface area is 120 Å². The molecule has 2 aromatic rings. The molecule has 0 spiro atoms. The highest BCUT2D eigenvalue weighted by atomic mass is 127. The minimum Gasteiger partial charge on any atom is -0.304 e. The zero-order valence-corrected chi connectivity index (χ0v) is 12.9. The zero-order valence-electron chi connectivity index (χ0n) is 9.90. The molecule has 0 bridgehead atoms. The number of nitrogens with zero attached hydrogens (tertiary/aromatic N) is 1. The van der Waals surface area contributed by atoms with Crippen LogP contribution in [-0.2, 0) is 6.54 Å². The van der Waals surface area contributed by atoms with Crippen LogP contribution in [-0.4, -0.2) is 4.98 Å². The SMILES string of the molecule is Cc1cnc(C(C)NCc2ccc(I)cc2)s1. The van der Waals surface area contributed by atoms with Crippen LogP contribution in [0.25, 0.3) is 0 Å². The van der Waals surface area contributed by atoms with E-state index in [9.17, 15) is 0 Å². The van der Waals surface area contributed by atoms with E-state index in [2.05, 4.69) is 71.0 Å². The Morgan fingerprint density at radius 2 is 2.06 bits per heavy atom. The van der Waals surface area contributed by atoms with Gasteiger partial charge in [0.2, 0.25) is 0 Å². The molecule has 1 aromatic carbocycles. The smallest absolute Gasteiger partial charge is 0.109 e. The molecule has 2 rings (SSSR count). The van der Waals surface area contributed by atoms with Crippen molar-refractivity contribution in [1.82, 2.24) is 10.3 Å². The van der Waals surface area contributed by atoms with E-state index in [1.54, 1.807) is 11.3 Å². The lowest BCUT2D eigenvalue weighted by Gasteiger charge is -2.11. The molecule has 1 unspecified atom stereocenters. The Bertz CT molecular complexity index is 478. The van der Waals surface area contributed by atoms with Gasteiger partial charge in [-0.1, -0.05) is 12.1 Å². The highest BCUT2D eigenvalue weighted by molar-refractivity contribution is 14.1. The van der Waals surface area contributed by atoms with Gasteiger partial charge in [-0.05, 0) is 54.1 Å². The Morgan fingerprint density at radius 1 is 1.35 bits per heavy atom. The summed E-state index contributed by atoms with van der Waals surface area (Å²) in [5.74, 6) is 0. The summed E-state index contributed by atoms with van der Waals surface area (Å²) in [6, 6.07) is 8.90. The lowest BCUT2D eigenvalue weighted by Crippen LogP contribution is -2.17. The van der Waals surface area contributed by atoms with Gasteiger partial charge in [0.25, 0.3) is 0 Å². The van der Waals surface area contributed by atoms with Gasteiger partial charge in [-0.15, -0.1) is 11.3 Å². The van der Waals surface area contributed by atoms with Crippen molar-refractivity contribution < 1.29 is 0 Å². The number of aryl methyl sites for hydroxylation is 1. The van der Waals surface area contributed by atoms with Crippen molar-refractivity contribution >= 4 is 33.9 Å². The third-order valence-electron chi connectivity index (χ3n) is 2.54. The van der Waals surface area contributed by atoms with Crippen molar-refractivity contribution in [3.05, 3.63) is 49.5 Å². The number of rotatable bonds is 4. The molecule has 0 saturated heterocycles. The summed E-state index contributed by atoms with van der Waals surface area (Å²) in [5.41, 5.74) is 1.31. The van der Waals surface area contributed by atoms with Crippen LogP contribution >= 0.6 is 33.9 Å². The van der Waals surface area contributed by atoms with Crippen LogP contribution < -0.4 is 5.32 Å². The molecule has 90 valence electrons. The number of benzene rings is 1. The van der Waals surface area contributed by atoms with Gasteiger partial charge in [0.15, 0.2) is 0 Å². The minimum atomic E-state index is 0.313. The number of halogens is 1. The van der Waals surface area contributed by atoms with Crippen LogP contribution in [0.5, 0.6) is 0 Å².